The van der Waals surface area contributed by atoms with Crippen molar-refractivity contribution < 1.29 is 13.5 Å². The number of sulfonamides is 1. The molecular weight excluding hydrogens is 252 g/mol. The van der Waals surface area contributed by atoms with Crippen LogP contribution in [-0.4, -0.2) is 37.5 Å². The van der Waals surface area contributed by atoms with Crippen molar-refractivity contribution in [2.75, 3.05) is 25.4 Å². The zero-order chi connectivity index (χ0) is 13.8. The van der Waals surface area contributed by atoms with Crippen molar-refractivity contribution in [2.45, 2.75) is 25.2 Å². The fraction of sp³-hybridized carbons (Fsp3) is 0.500. The Hall–Kier alpha value is -1.11. The third kappa shape index (κ3) is 3.01. The van der Waals surface area contributed by atoms with Crippen LogP contribution in [0.1, 0.15) is 18.9 Å². The highest BCUT2D eigenvalue weighted by Gasteiger charge is 2.26. The van der Waals surface area contributed by atoms with Gasteiger partial charge in [-0.2, -0.15) is 4.31 Å². The lowest BCUT2D eigenvalue weighted by Gasteiger charge is -2.22. The standard InChI is InChI=1S/C12H20N2O3S/c1-3-14(8-5-9-15)18(16,17)12-10(2)6-4-7-11(12)13/h4,6-7,15H,3,5,8-9,13H2,1-2H3. The molecule has 1 rings (SSSR count). The number of aryl methyl sites for hydroxylation is 1. The number of nitrogens with zero attached hydrogens (tertiary/aromatic N) is 1. The van der Waals surface area contributed by atoms with E-state index in [9.17, 15) is 8.42 Å². The summed E-state index contributed by atoms with van der Waals surface area (Å²) in [5.41, 5.74) is 6.67. The molecule has 0 radical (unpaired) electrons. The molecule has 0 aromatic heterocycles. The zero-order valence-corrected chi connectivity index (χ0v) is 11.6. The largest absolute Gasteiger partial charge is 0.398 e. The number of aliphatic hydroxyl groups excluding tert-OH is 1. The highest BCUT2D eigenvalue weighted by atomic mass is 32.2. The van der Waals surface area contributed by atoms with E-state index in [1.165, 1.54) is 4.31 Å². The van der Waals surface area contributed by atoms with Gasteiger partial charge in [0.2, 0.25) is 10.0 Å². The van der Waals surface area contributed by atoms with Crippen LogP contribution in [0.15, 0.2) is 23.1 Å². The van der Waals surface area contributed by atoms with E-state index in [2.05, 4.69) is 0 Å². The first-order chi connectivity index (χ1) is 8.45. The topological polar surface area (TPSA) is 83.6 Å². The van der Waals surface area contributed by atoms with Crippen LogP contribution in [0.4, 0.5) is 5.69 Å². The van der Waals surface area contributed by atoms with E-state index in [1.54, 1.807) is 32.0 Å². The first-order valence-corrected chi connectivity index (χ1v) is 7.35. The Morgan fingerprint density at radius 1 is 1.39 bits per heavy atom. The molecule has 1 aromatic carbocycles. The van der Waals surface area contributed by atoms with Gasteiger partial charge in [0.1, 0.15) is 4.90 Å². The number of aliphatic hydroxyl groups is 1. The van der Waals surface area contributed by atoms with Gasteiger partial charge in [-0.05, 0) is 25.0 Å². The summed E-state index contributed by atoms with van der Waals surface area (Å²) < 4.78 is 26.3. The van der Waals surface area contributed by atoms with Gasteiger partial charge in [0.25, 0.3) is 0 Å². The maximum Gasteiger partial charge on any atom is 0.245 e. The van der Waals surface area contributed by atoms with Crippen LogP contribution in [0.5, 0.6) is 0 Å². The lowest BCUT2D eigenvalue weighted by atomic mass is 10.2. The number of nitrogens with two attached hydrogens (primary N) is 1. The van der Waals surface area contributed by atoms with Crippen molar-refractivity contribution in [3.8, 4) is 0 Å². The molecule has 0 saturated heterocycles. The number of rotatable bonds is 6. The van der Waals surface area contributed by atoms with E-state index < -0.39 is 10.0 Å². The quantitative estimate of drug-likeness (QED) is 0.756. The Morgan fingerprint density at radius 2 is 2.06 bits per heavy atom. The summed E-state index contributed by atoms with van der Waals surface area (Å²) in [6.45, 7) is 4.11. The number of benzene rings is 1. The predicted molar refractivity (Wildman–Crippen MR) is 71.7 cm³/mol. The van der Waals surface area contributed by atoms with E-state index >= 15 is 0 Å². The van der Waals surface area contributed by atoms with Gasteiger partial charge < -0.3 is 10.8 Å². The van der Waals surface area contributed by atoms with Crippen molar-refractivity contribution in [3.63, 3.8) is 0 Å². The fourth-order valence-corrected chi connectivity index (χ4v) is 3.66. The predicted octanol–water partition coefficient (Wildman–Crippen LogP) is 0.970. The molecule has 0 amide bonds. The second kappa shape index (κ2) is 6.17. The molecule has 0 bridgehead atoms. The normalized spacial score (nSPS) is 12.0. The van der Waals surface area contributed by atoms with Crippen molar-refractivity contribution in [1.82, 2.24) is 4.31 Å². The second-order valence-corrected chi connectivity index (χ2v) is 5.94. The molecule has 0 fully saturated rings. The molecular formula is C12H20N2O3S. The summed E-state index contributed by atoms with van der Waals surface area (Å²) in [6, 6.07) is 5.04. The van der Waals surface area contributed by atoms with E-state index in [0.717, 1.165) is 0 Å². The van der Waals surface area contributed by atoms with Crippen molar-refractivity contribution in [1.29, 1.82) is 0 Å². The molecule has 5 nitrogen and oxygen atoms in total. The molecule has 0 spiro atoms. The van der Waals surface area contributed by atoms with Crippen LogP contribution < -0.4 is 5.73 Å². The summed E-state index contributed by atoms with van der Waals surface area (Å²) in [6.07, 6.45) is 0.416. The van der Waals surface area contributed by atoms with Gasteiger partial charge in [0.15, 0.2) is 0 Å². The van der Waals surface area contributed by atoms with Gasteiger partial charge in [0.05, 0.1) is 5.69 Å². The van der Waals surface area contributed by atoms with Gasteiger partial charge in [0, 0.05) is 19.7 Å². The lowest BCUT2D eigenvalue weighted by Crippen LogP contribution is -2.33. The van der Waals surface area contributed by atoms with E-state index in [4.69, 9.17) is 10.8 Å². The van der Waals surface area contributed by atoms with Gasteiger partial charge in [-0.25, -0.2) is 8.42 Å². The smallest absolute Gasteiger partial charge is 0.245 e. The summed E-state index contributed by atoms with van der Waals surface area (Å²) in [4.78, 5) is 0.171. The molecule has 0 heterocycles. The van der Waals surface area contributed by atoms with E-state index in [-0.39, 0.29) is 17.2 Å². The molecule has 0 unspecified atom stereocenters. The second-order valence-electron chi connectivity index (χ2n) is 4.07. The average molecular weight is 272 g/mol. The molecule has 1 aromatic rings. The van der Waals surface area contributed by atoms with Gasteiger partial charge in [-0.3, -0.25) is 0 Å². The van der Waals surface area contributed by atoms with Crippen molar-refractivity contribution in [2.24, 2.45) is 0 Å². The Bertz CT molecular complexity index is 480. The first-order valence-electron chi connectivity index (χ1n) is 5.91. The van der Waals surface area contributed by atoms with Crippen LogP contribution in [-0.2, 0) is 10.0 Å². The molecule has 0 aliphatic rings. The molecule has 3 N–H and O–H groups in total. The van der Waals surface area contributed by atoms with Crippen LogP contribution in [0.2, 0.25) is 0 Å². The molecule has 0 atom stereocenters. The lowest BCUT2D eigenvalue weighted by molar-refractivity contribution is 0.271. The number of hydrogen-bond donors (Lipinski definition) is 2. The van der Waals surface area contributed by atoms with Crippen LogP contribution in [0.3, 0.4) is 0 Å². The van der Waals surface area contributed by atoms with Crippen LogP contribution in [0.25, 0.3) is 0 Å². The number of nitrogen functional groups attached to an aromatic ring is 1. The van der Waals surface area contributed by atoms with Crippen LogP contribution >= 0.6 is 0 Å². The number of hydrogen-bond acceptors (Lipinski definition) is 4. The van der Waals surface area contributed by atoms with Crippen LogP contribution in [0, 0.1) is 6.92 Å². The molecule has 18 heavy (non-hydrogen) atoms. The fourth-order valence-electron chi connectivity index (χ4n) is 1.85. The molecule has 102 valence electrons. The Labute approximate surface area is 108 Å². The minimum absolute atomic E-state index is 0.0325. The van der Waals surface area contributed by atoms with Gasteiger partial charge in [-0.15, -0.1) is 0 Å². The third-order valence-corrected chi connectivity index (χ3v) is 4.95. The maximum absolute atomic E-state index is 12.5. The maximum atomic E-state index is 12.5. The average Bonchev–Trinajstić information content (AvgIpc) is 2.29. The highest BCUT2D eigenvalue weighted by Crippen LogP contribution is 2.25. The van der Waals surface area contributed by atoms with Crippen molar-refractivity contribution in [3.05, 3.63) is 23.8 Å². The first kappa shape index (κ1) is 14.9. The Kier molecular flexibility index (Phi) is 5.13. The summed E-state index contributed by atoms with van der Waals surface area (Å²) >= 11 is 0. The summed E-state index contributed by atoms with van der Waals surface area (Å²) in [5, 5.41) is 8.81. The third-order valence-electron chi connectivity index (χ3n) is 2.76. The molecule has 0 aliphatic heterocycles. The van der Waals surface area contributed by atoms with Crippen molar-refractivity contribution >= 4 is 15.7 Å². The van der Waals surface area contributed by atoms with E-state index in [1.807, 2.05) is 0 Å². The van der Waals surface area contributed by atoms with E-state index in [0.29, 0.717) is 25.1 Å². The minimum atomic E-state index is -3.59. The molecule has 0 aliphatic carbocycles. The van der Waals surface area contributed by atoms with Gasteiger partial charge in [-0.1, -0.05) is 19.1 Å². The summed E-state index contributed by atoms with van der Waals surface area (Å²) in [5.74, 6) is 0. The summed E-state index contributed by atoms with van der Waals surface area (Å²) in [7, 11) is -3.59. The molecule has 0 saturated carbocycles. The Balaban J connectivity index is 3.19. The van der Waals surface area contributed by atoms with Gasteiger partial charge >= 0.3 is 0 Å². The molecule has 6 heteroatoms. The zero-order valence-electron chi connectivity index (χ0n) is 10.8. The monoisotopic (exact) mass is 272 g/mol. The Morgan fingerprint density at radius 3 is 2.56 bits per heavy atom. The minimum Gasteiger partial charge on any atom is -0.398 e. The number of anilines is 1. The highest BCUT2D eigenvalue weighted by molar-refractivity contribution is 7.89. The SMILES string of the molecule is CCN(CCCO)S(=O)(=O)c1c(C)cccc1N.